The van der Waals surface area contributed by atoms with Crippen LogP contribution in [0.1, 0.15) is 21.5 Å². The Labute approximate surface area is 173 Å². The number of aryl methyl sites for hydroxylation is 2. The number of carbonyl (C=O) groups excluding carboxylic acids is 1. The molecule has 144 valence electrons. The molecule has 5 heteroatoms. The van der Waals surface area contributed by atoms with Gasteiger partial charge in [-0.15, -0.1) is 0 Å². The highest BCUT2D eigenvalue weighted by molar-refractivity contribution is 9.10. The van der Waals surface area contributed by atoms with E-state index in [0.717, 1.165) is 21.3 Å². The molecule has 0 saturated carbocycles. The Balaban J connectivity index is 1.53. The molecule has 0 saturated heterocycles. The molecule has 0 N–H and O–H groups in total. The van der Waals surface area contributed by atoms with E-state index in [4.69, 9.17) is 14.2 Å². The van der Waals surface area contributed by atoms with Crippen molar-refractivity contribution in [3.8, 4) is 17.2 Å². The third-order valence-corrected chi connectivity index (χ3v) is 4.53. The molecule has 0 aliphatic carbocycles. The second kappa shape index (κ2) is 9.42. The highest BCUT2D eigenvalue weighted by Gasteiger charge is 2.13. The summed E-state index contributed by atoms with van der Waals surface area (Å²) in [6, 6.07) is 20.3. The summed E-state index contributed by atoms with van der Waals surface area (Å²) in [5.74, 6) is 1.67. The molecule has 0 amide bonds. The fourth-order valence-corrected chi connectivity index (χ4v) is 3.42. The molecular formula is C23H21BrO4. The van der Waals surface area contributed by atoms with Crippen LogP contribution < -0.4 is 14.2 Å². The minimum atomic E-state index is -0.396. The number of benzene rings is 3. The second-order valence-electron chi connectivity index (χ2n) is 6.29. The molecule has 3 aromatic carbocycles. The SMILES string of the molecule is Cc1cc(Br)cc(C)c1OC(=O)c1ccc(OCCOc2ccccc2)cc1. The first kappa shape index (κ1) is 20.0. The van der Waals surface area contributed by atoms with Crippen LogP contribution in [0.3, 0.4) is 0 Å². The quantitative estimate of drug-likeness (QED) is 0.266. The molecule has 0 radical (unpaired) electrons. The number of halogens is 1. The maximum Gasteiger partial charge on any atom is 0.343 e. The summed E-state index contributed by atoms with van der Waals surface area (Å²) >= 11 is 3.44. The van der Waals surface area contributed by atoms with Gasteiger partial charge in [0.15, 0.2) is 0 Å². The predicted molar refractivity (Wildman–Crippen MR) is 112 cm³/mol. The molecule has 0 unspecified atom stereocenters. The van der Waals surface area contributed by atoms with Crippen molar-refractivity contribution in [2.45, 2.75) is 13.8 Å². The molecule has 0 aliphatic rings. The lowest BCUT2D eigenvalue weighted by molar-refractivity contribution is 0.0732. The largest absolute Gasteiger partial charge is 0.490 e. The minimum absolute atomic E-state index is 0.396. The lowest BCUT2D eigenvalue weighted by Gasteiger charge is -2.12. The fourth-order valence-electron chi connectivity index (χ4n) is 2.73. The number of hydrogen-bond acceptors (Lipinski definition) is 4. The molecule has 0 heterocycles. The van der Waals surface area contributed by atoms with Gasteiger partial charge in [-0.2, -0.15) is 0 Å². The van der Waals surface area contributed by atoms with E-state index >= 15 is 0 Å². The second-order valence-corrected chi connectivity index (χ2v) is 7.21. The van der Waals surface area contributed by atoms with Crippen LogP contribution in [0.5, 0.6) is 17.2 Å². The molecule has 0 fully saturated rings. The van der Waals surface area contributed by atoms with Gasteiger partial charge in [0.1, 0.15) is 30.5 Å². The van der Waals surface area contributed by atoms with Gasteiger partial charge in [-0.3, -0.25) is 0 Å². The van der Waals surface area contributed by atoms with Gasteiger partial charge in [0.25, 0.3) is 0 Å². The van der Waals surface area contributed by atoms with E-state index < -0.39 is 5.97 Å². The van der Waals surface area contributed by atoms with Crippen molar-refractivity contribution in [2.75, 3.05) is 13.2 Å². The molecule has 28 heavy (non-hydrogen) atoms. The first-order chi connectivity index (χ1) is 13.5. The van der Waals surface area contributed by atoms with E-state index in [2.05, 4.69) is 15.9 Å². The Kier molecular flexibility index (Phi) is 6.71. The zero-order chi connectivity index (χ0) is 19.9. The summed E-state index contributed by atoms with van der Waals surface area (Å²) in [7, 11) is 0. The Hall–Kier alpha value is -2.79. The standard InChI is InChI=1S/C23H21BrO4/c1-16-14-19(24)15-17(2)22(16)28-23(25)18-8-10-21(11-9-18)27-13-12-26-20-6-4-3-5-7-20/h3-11,14-15H,12-13H2,1-2H3. The van der Waals surface area contributed by atoms with Crippen molar-refractivity contribution in [3.63, 3.8) is 0 Å². The van der Waals surface area contributed by atoms with Crippen LogP contribution in [0.2, 0.25) is 0 Å². The van der Waals surface area contributed by atoms with Gasteiger partial charge >= 0.3 is 5.97 Å². The van der Waals surface area contributed by atoms with E-state index in [1.807, 2.05) is 56.3 Å². The van der Waals surface area contributed by atoms with Gasteiger partial charge in [0.2, 0.25) is 0 Å². The molecule has 0 spiro atoms. The van der Waals surface area contributed by atoms with E-state index in [-0.39, 0.29) is 0 Å². The van der Waals surface area contributed by atoms with Crippen LogP contribution in [0.25, 0.3) is 0 Å². The molecule has 0 bridgehead atoms. The lowest BCUT2D eigenvalue weighted by Crippen LogP contribution is -2.11. The average Bonchev–Trinajstić information content (AvgIpc) is 2.69. The van der Waals surface area contributed by atoms with Crippen LogP contribution in [-0.2, 0) is 0 Å². The summed E-state index contributed by atoms with van der Waals surface area (Å²) in [5, 5.41) is 0. The molecule has 0 aliphatic heterocycles. The maximum absolute atomic E-state index is 12.4. The zero-order valence-electron chi connectivity index (χ0n) is 15.8. The smallest absolute Gasteiger partial charge is 0.343 e. The van der Waals surface area contributed by atoms with Crippen molar-refractivity contribution in [3.05, 3.63) is 87.9 Å². The number of ether oxygens (including phenoxy) is 3. The third kappa shape index (κ3) is 5.36. The normalized spacial score (nSPS) is 10.4. The van der Waals surface area contributed by atoms with Gasteiger partial charge in [-0.1, -0.05) is 34.1 Å². The van der Waals surface area contributed by atoms with Crippen molar-refractivity contribution in [1.82, 2.24) is 0 Å². The summed E-state index contributed by atoms with van der Waals surface area (Å²) in [6.07, 6.45) is 0. The topological polar surface area (TPSA) is 44.8 Å². The number of rotatable bonds is 7. The average molecular weight is 441 g/mol. The lowest BCUT2D eigenvalue weighted by atomic mass is 10.1. The minimum Gasteiger partial charge on any atom is -0.490 e. The highest BCUT2D eigenvalue weighted by atomic mass is 79.9. The molecule has 3 aromatic rings. The van der Waals surface area contributed by atoms with E-state index in [9.17, 15) is 4.79 Å². The maximum atomic E-state index is 12.4. The van der Waals surface area contributed by atoms with E-state index in [0.29, 0.717) is 30.3 Å². The van der Waals surface area contributed by atoms with Gasteiger partial charge in [0, 0.05) is 4.47 Å². The van der Waals surface area contributed by atoms with Crippen LogP contribution >= 0.6 is 15.9 Å². The summed E-state index contributed by atoms with van der Waals surface area (Å²) in [5.41, 5.74) is 2.27. The first-order valence-corrected chi connectivity index (χ1v) is 9.72. The first-order valence-electron chi connectivity index (χ1n) is 8.92. The Morgan fingerprint density at radius 1 is 0.821 bits per heavy atom. The van der Waals surface area contributed by atoms with Gasteiger partial charge in [-0.25, -0.2) is 4.79 Å². The fraction of sp³-hybridized carbons (Fsp3) is 0.174. The van der Waals surface area contributed by atoms with Crippen LogP contribution in [0.4, 0.5) is 0 Å². The van der Waals surface area contributed by atoms with Gasteiger partial charge < -0.3 is 14.2 Å². The monoisotopic (exact) mass is 440 g/mol. The summed E-state index contributed by atoms with van der Waals surface area (Å²) in [4.78, 5) is 12.4. The zero-order valence-corrected chi connectivity index (χ0v) is 17.4. The number of carbonyl (C=O) groups is 1. The third-order valence-electron chi connectivity index (χ3n) is 4.07. The van der Waals surface area contributed by atoms with Gasteiger partial charge in [-0.05, 0) is 73.5 Å². The van der Waals surface area contributed by atoms with Crippen molar-refractivity contribution in [1.29, 1.82) is 0 Å². The number of para-hydroxylation sites is 1. The van der Waals surface area contributed by atoms with Crippen LogP contribution in [0, 0.1) is 13.8 Å². The summed E-state index contributed by atoms with van der Waals surface area (Å²) in [6.45, 7) is 4.68. The molecule has 0 atom stereocenters. The van der Waals surface area contributed by atoms with Crippen molar-refractivity contribution >= 4 is 21.9 Å². The van der Waals surface area contributed by atoms with Crippen LogP contribution in [0.15, 0.2) is 71.2 Å². The number of hydrogen-bond donors (Lipinski definition) is 0. The molecular weight excluding hydrogens is 420 g/mol. The molecule has 0 aromatic heterocycles. The van der Waals surface area contributed by atoms with Gasteiger partial charge in [0.05, 0.1) is 5.56 Å². The van der Waals surface area contributed by atoms with E-state index in [1.54, 1.807) is 24.3 Å². The Morgan fingerprint density at radius 2 is 1.36 bits per heavy atom. The number of esters is 1. The van der Waals surface area contributed by atoms with E-state index in [1.165, 1.54) is 0 Å². The predicted octanol–water partition coefficient (Wildman–Crippen LogP) is 5.74. The Bertz CT molecular complexity index is 914. The highest BCUT2D eigenvalue weighted by Crippen LogP contribution is 2.28. The Morgan fingerprint density at radius 3 is 1.93 bits per heavy atom. The summed E-state index contributed by atoms with van der Waals surface area (Å²) < 4.78 is 17.8. The molecule has 4 nitrogen and oxygen atoms in total. The van der Waals surface area contributed by atoms with Crippen molar-refractivity contribution < 1.29 is 19.0 Å². The molecule has 3 rings (SSSR count). The van der Waals surface area contributed by atoms with Crippen LogP contribution in [-0.4, -0.2) is 19.2 Å². The van der Waals surface area contributed by atoms with Crippen molar-refractivity contribution in [2.24, 2.45) is 0 Å².